The lowest BCUT2D eigenvalue weighted by atomic mass is 10.2. The first kappa shape index (κ1) is 29.2. The number of nitrogen functional groups attached to an aromatic ring is 1. The van der Waals surface area contributed by atoms with Crippen LogP contribution in [0.3, 0.4) is 0 Å². The molecule has 5 aromatic rings. The van der Waals surface area contributed by atoms with Crippen LogP contribution in [0.15, 0.2) is 70.3 Å². The van der Waals surface area contributed by atoms with Crippen molar-refractivity contribution in [2.24, 2.45) is 0 Å². The van der Waals surface area contributed by atoms with Gasteiger partial charge in [-0.05, 0) is 35.4 Å². The number of hydrogen-bond acceptors (Lipinski definition) is 7. The molecule has 10 nitrogen and oxygen atoms in total. The van der Waals surface area contributed by atoms with Gasteiger partial charge in [0.15, 0.2) is 5.82 Å². The molecule has 2 heterocycles. The van der Waals surface area contributed by atoms with Gasteiger partial charge in [0, 0.05) is 25.2 Å². The molecule has 0 spiro atoms. The lowest BCUT2D eigenvalue weighted by Gasteiger charge is -2.16. The van der Waals surface area contributed by atoms with Crippen LogP contribution in [-0.2, 0) is 19.6 Å². The van der Waals surface area contributed by atoms with E-state index in [-0.39, 0.29) is 49.1 Å². The maximum absolute atomic E-state index is 14.1. The zero-order valence-electron chi connectivity index (χ0n) is 21.9. The topological polar surface area (TPSA) is 122 Å². The Morgan fingerprint density at radius 2 is 1.44 bits per heavy atom. The number of anilines is 2. The second-order valence-corrected chi connectivity index (χ2v) is 9.29. The van der Waals surface area contributed by atoms with Crippen LogP contribution in [-0.4, -0.2) is 36.6 Å². The fourth-order valence-corrected chi connectivity index (χ4v) is 4.38. The summed E-state index contributed by atoms with van der Waals surface area (Å²) in [5.74, 6) is -3.03. The molecule has 5 rings (SSSR count). The molecule has 0 fully saturated rings. The predicted octanol–water partition coefficient (Wildman–Crippen LogP) is 3.86. The Labute approximate surface area is 237 Å². The number of nitrogens with zero attached hydrogens (tertiary/aromatic N) is 5. The molecule has 224 valence electrons. The molecule has 0 radical (unpaired) electrons. The van der Waals surface area contributed by atoms with Crippen LogP contribution < -0.4 is 27.2 Å². The molecule has 0 saturated heterocycles. The van der Waals surface area contributed by atoms with Gasteiger partial charge in [0.05, 0.1) is 18.6 Å². The largest absolute Gasteiger partial charge is 0.573 e. The highest BCUT2D eigenvalue weighted by Crippen LogP contribution is 2.24. The first-order chi connectivity index (χ1) is 20.4. The molecule has 0 amide bonds. The van der Waals surface area contributed by atoms with Crippen LogP contribution in [0.25, 0.3) is 11.0 Å². The standard InChI is InChI=1S/C27H21F6N7O3/c28-17-5-1-15(2-6-17)14-40-25(41)37-24(35-9-10-38-21-12-18(29)11-20(30)22(21)36-23(38)34)39(26(40)42)13-16-3-7-19(8-4-16)43-27(31,32)33/h1-8,11-12H,9-10,13-14H2,(H2,34,36)(H,35,37,41). The van der Waals surface area contributed by atoms with Crippen molar-refractivity contribution in [1.29, 1.82) is 0 Å². The summed E-state index contributed by atoms with van der Waals surface area (Å²) in [5.41, 5.74) is 4.88. The number of rotatable bonds is 9. The first-order valence-corrected chi connectivity index (χ1v) is 12.5. The third-order valence-electron chi connectivity index (χ3n) is 6.32. The van der Waals surface area contributed by atoms with E-state index in [1.165, 1.54) is 28.8 Å². The molecule has 0 unspecified atom stereocenters. The van der Waals surface area contributed by atoms with Gasteiger partial charge in [-0.25, -0.2) is 32.3 Å². The minimum Gasteiger partial charge on any atom is -0.406 e. The number of hydrogen-bond donors (Lipinski definition) is 2. The number of benzene rings is 3. The molecule has 0 aliphatic rings. The van der Waals surface area contributed by atoms with Gasteiger partial charge in [-0.2, -0.15) is 4.98 Å². The second kappa shape index (κ2) is 11.5. The highest BCUT2D eigenvalue weighted by molar-refractivity contribution is 5.79. The quantitative estimate of drug-likeness (QED) is 0.245. The van der Waals surface area contributed by atoms with E-state index in [9.17, 15) is 35.9 Å². The Morgan fingerprint density at radius 3 is 2.09 bits per heavy atom. The van der Waals surface area contributed by atoms with Crippen molar-refractivity contribution >= 4 is 22.9 Å². The van der Waals surface area contributed by atoms with Gasteiger partial charge in [-0.1, -0.05) is 24.3 Å². The Hall–Kier alpha value is -5.28. The van der Waals surface area contributed by atoms with Gasteiger partial charge in [0.1, 0.15) is 22.9 Å². The Kier molecular flexibility index (Phi) is 7.84. The summed E-state index contributed by atoms with van der Waals surface area (Å²) in [6.45, 7) is -0.516. The molecule has 0 atom stereocenters. The van der Waals surface area contributed by atoms with Crippen LogP contribution in [0.1, 0.15) is 11.1 Å². The zero-order valence-corrected chi connectivity index (χ0v) is 21.9. The summed E-state index contributed by atoms with van der Waals surface area (Å²) in [5, 5.41) is 2.84. The predicted molar refractivity (Wildman–Crippen MR) is 143 cm³/mol. The molecule has 0 aliphatic carbocycles. The van der Waals surface area contributed by atoms with Crippen molar-refractivity contribution in [3.8, 4) is 5.75 Å². The number of alkyl halides is 3. The average Bonchev–Trinajstić information content (AvgIpc) is 3.25. The summed E-state index contributed by atoms with van der Waals surface area (Å²) in [6.07, 6.45) is -4.89. The number of fused-ring (bicyclic) bond motifs is 1. The van der Waals surface area contributed by atoms with Gasteiger partial charge in [0.2, 0.25) is 11.9 Å². The van der Waals surface area contributed by atoms with Gasteiger partial charge in [-0.3, -0.25) is 4.57 Å². The Morgan fingerprint density at radius 1 is 0.814 bits per heavy atom. The lowest BCUT2D eigenvalue weighted by Crippen LogP contribution is -2.43. The highest BCUT2D eigenvalue weighted by Gasteiger charge is 2.31. The van der Waals surface area contributed by atoms with E-state index in [0.717, 1.165) is 39.5 Å². The summed E-state index contributed by atoms with van der Waals surface area (Å²) in [4.78, 5) is 34.3. The smallest absolute Gasteiger partial charge is 0.406 e. The van der Waals surface area contributed by atoms with E-state index < -0.39 is 40.9 Å². The van der Waals surface area contributed by atoms with Gasteiger partial charge in [-0.15, -0.1) is 13.2 Å². The van der Waals surface area contributed by atoms with Crippen molar-refractivity contribution in [2.45, 2.75) is 26.0 Å². The van der Waals surface area contributed by atoms with Gasteiger partial charge < -0.3 is 20.4 Å². The van der Waals surface area contributed by atoms with Crippen LogP contribution in [0.4, 0.5) is 38.2 Å². The second-order valence-electron chi connectivity index (χ2n) is 9.29. The molecule has 0 aliphatic heterocycles. The Balaban J connectivity index is 1.46. The van der Waals surface area contributed by atoms with Crippen LogP contribution in [0.2, 0.25) is 0 Å². The van der Waals surface area contributed by atoms with Crippen molar-refractivity contribution in [1.82, 2.24) is 23.7 Å². The Bertz CT molecular complexity index is 1900. The third-order valence-corrected chi connectivity index (χ3v) is 6.32. The van der Waals surface area contributed by atoms with E-state index in [1.807, 2.05) is 0 Å². The van der Waals surface area contributed by atoms with Crippen molar-refractivity contribution in [2.75, 3.05) is 17.6 Å². The fraction of sp³-hybridized carbons (Fsp3) is 0.185. The summed E-state index contributed by atoms with van der Waals surface area (Å²) < 4.78 is 86.1. The van der Waals surface area contributed by atoms with E-state index in [4.69, 9.17) is 5.73 Å². The molecule has 0 bridgehead atoms. The molecule has 0 saturated carbocycles. The van der Waals surface area contributed by atoms with Crippen molar-refractivity contribution in [3.63, 3.8) is 0 Å². The number of halogens is 6. The third kappa shape index (κ3) is 6.63. The normalized spacial score (nSPS) is 11.7. The fourth-order valence-electron chi connectivity index (χ4n) is 4.38. The maximum Gasteiger partial charge on any atom is 0.573 e. The number of aromatic nitrogens is 5. The molecule has 3 N–H and O–H groups in total. The first-order valence-electron chi connectivity index (χ1n) is 12.5. The monoisotopic (exact) mass is 605 g/mol. The maximum atomic E-state index is 14.1. The average molecular weight is 605 g/mol. The molecule has 16 heteroatoms. The van der Waals surface area contributed by atoms with Crippen LogP contribution in [0.5, 0.6) is 5.75 Å². The van der Waals surface area contributed by atoms with Gasteiger partial charge >= 0.3 is 17.7 Å². The molecular formula is C27H21F6N7O3. The van der Waals surface area contributed by atoms with Crippen molar-refractivity contribution in [3.05, 3.63) is 110 Å². The number of imidazole rings is 1. The SMILES string of the molecule is Nc1nc2c(F)cc(F)cc2n1CCNc1nc(=O)n(Cc2ccc(F)cc2)c(=O)n1Cc1ccc(OC(F)(F)F)cc1. The summed E-state index contributed by atoms with van der Waals surface area (Å²) >= 11 is 0. The van der Waals surface area contributed by atoms with E-state index in [2.05, 4.69) is 20.0 Å². The lowest BCUT2D eigenvalue weighted by molar-refractivity contribution is -0.274. The number of nitrogens with one attached hydrogen (secondary N) is 1. The summed E-state index contributed by atoms with van der Waals surface area (Å²) in [6, 6.07) is 11.6. The molecular weight excluding hydrogens is 584 g/mol. The van der Waals surface area contributed by atoms with Crippen LogP contribution in [0, 0.1) is 17.5 Å². The zero-order chi connectivity index (χ0) is 30.9. The van der Waals surface area contributed by atoms with E-state index in [1.54, 1.807) is 0 Å². The highest BCUT2D eigenvalue weighted by atomic mass is 19.4. The molecule has 2 aromatic heterocycles. The minimum absolute atomic E-state index is 0.0107. The van der Waals surface area contributed by atoms with Crippen LogP contribution >= 0.6 is 0 Å². The van der Waals surface area contributed by atoms with Gasteiger partial charge in [0.25, 0.3) is 0 Å². The number of nitrogens with two attached hydrogens (primary N) is 1. The molecule has 43 heavy (non-hydrogen) atoms. The summed E-state index contributed by atoms with van der Waals surface area (Å²) in [7, 11) is 0. The number of ether oxygens (including phenoxy) is 1. The van der Waals surface area contributed by atoms with E-state index >= 15 is 0 Å². The van der Waals surface area contributed by atoms with E-state index in [0.29, 0.717) is 17.2 Å². The molecule has 3 aromatic carbocycles. The van der Waals surface area contributed by atoms with Crippen molar-refractivity contribution < 1.29 is 31.1 Å². The minimum atomic E-state index is -4.89.